The molecule has 0 saturated carbocycles. The number of phenols is 2. The van der Waals surface area contributed by atoms with Gasteiger partial charge in [0, 0.05) is 5.56 Å². The van der Waals surface area contributed by atoms with Crippen LogP contribution in [0.5, 0.6) is 11.5 Å². The standard InChI is InChI=1S/C7H6O.C6H6O2/c8-6-7-4-2-1-3-5-7;7-5-3-1-2-4-6(5)8/h1-6H;1-4,7-8H. The first-order valence-electron chi connectivity index (χ1n) is 4.71. The van der Waals surface area contributed by atoms with Gasteiger partial charge in [-0.3, -0.25) is 4.79 Å². The minimum Gasteiger partial charge on any atom is -0.504 e. The molecule has 0 spiro atoms. The van der Waals surface area contributed by atoms with Crippen molar-refractivity contribution in [1.29, 1.82) is 0 Å². The Labute approximate surface area is 93.6 Å². The van der Waals surface area contributed by atoms with Crippen LogP contribution >= 0.6 is 0 Å². The number of hydrogen-bond acceptors (Lipinski definition) is 3. The summed E-state index contributed by atoms with van der Waals surface area (Å²) in [4.78, 5) is 10.0. The highest BCUT2D eigenvalue weighted by molar-refractivity contribution is 5.74. The van der Waals surface area contributed by atoms with E-state index in [9.17, 15) is 4.79 Å². The van der Waals surface area contributed by atoms with Gasteiger partial charge in [0.05, 0.1) is 0 Å². The van der Waals surface area contributed by atoms with Crippen LogP contribution in [0.1, 0.15) is 10.4 Å². The Morgan fingerprint density at radius 2 is 1.19 bits per heavy atom. The van der Waals surface area contributed by atoms with Gasteiger partial charge in [-0.15, -0.1) is 0 Å². The van der Waals surface area contributed by atoms with Crippen LogP contribution in [0.15, 0.2) is 54.6 Å². The van der Waals surface area contributed by atoms with E-state index in [1.54, 1.807) is 24.3 Å². The van der Waals surface area contributed by atoms with Crippen molar-refractivity contribution in [3.8, 4) is 11.5 Å². The molecule has 0 fully saturated rings. The quantitative estimate of drug-likeness (QED) is 0.569. The number of para-hydroxylation sites is 2. The Morgan fingerprint density at radius 1 is 0.750 bits per heavy atom. The molecule has 2 N–H and O–H groups in total. The lowest BCUT2D eigenvalue weighted by Crippen LogP contribution is -1.73. The second kappa shape index (κ2) is 6.24. The van der Waals surface area contributed by atoms with Crippen molar-refractivity contribution in [3.05, 3.63) is 60.2 Å². The lowest BCUT2D eigenvalue weighted by molar-refractivity contribution is 0.112. The highest BCUT2D eigenvalue weighted by Gasteiger charge is 1.90. The molecule has 82 valence electrons. The first kappa shape index (κ1) is 11.8. The molecular formula is C13H12O3. The summed E-state index contributed by atoms with van der Waals surface area (Å²) in [6.07, 6.45) is 0.833. The summed E-state index contributed by atoms with van der Waals surface area (Å²) in [5, 5.41) is 17.3. The fraction of sp³-hybridized carbons (Fsp3) is 0. The fourth-order valence-electron chi connectivity index (χ4n) is 0.996. The van der Waals surface area contributed by atoms with Gasteiger partial charge in [0.1, 0.15) is 6.29 Å². The summed E-state index contributed by atoms with van der Waals surface area (Å²) in [6, 6.07) is 15.2. The topological polar surface area (TPSA) is 57.5 Å². The molecule has 0 aliphatic rings. The van der Waals surface area contributed by atoms with Crippen molar-refractivity contribution in [1.82, 2.24) is 0 Å². The second-order valence-electron chi connectivity index (χ2n) is 3.02. The summed E-state index contributed by atoms with van der Waals surface area (Å²) in [5.41, 5.74) is 0.729. The highest BCUT2D eigenvalue weighted by atomic mass is 16.3. The number of carbonyl (C=O) groups is 1. The van der Waals surface area contributed by atoms with Crippen molar-refractivity contribution in [2.24, 2.45) is 0 Å². The zero-order chi connectivity index (χ0) is 11.8. The molecule has 3 nitrogen and oxygen atoms in total. The van der Waals surface area contributed by atoms with Crippen molar-refractivity contribution >= 4 is 6.29 Å². The Hall–Kier alpha value is -2.29. The zero-order valence-corrected chi connectivity index (χ0v) is 8.58. The van der Waals surface area contributed by atoms with Gasteiger partial charge in [0.2, 0.25) is 0 Å². The van der Waals surface area contributed by atoms with Crippen molar-refractivity contribution in [2.75, 3.05) is 0 Å². The SMILES string of the molecule is O=Cc1ccccc1.Oc1ccccc1O. The molecule has 2 aromatic rings. The van der Waals surface area contributed by atoms with Crippen molar-refractivity contribution < 1.29 is 15.0 Å². The smallest absolute Gasteiger partial charge is 0.157 e. The molecule has 2 aromatic carbocycles. The highest BCUT2D eigenvalue weighted by Crippen LogP contribution is 2.21. The molecule has 0 radical (unpaired) electrons. The van der Waals surface area contributed by atoms with Crippen LogP contribution in [0.25, 0.3) is 0 Å². The Balaban J connectivity index is 0.000000160. The number of rotatable bonds is 1. The maximum Gasteiger partial charge on any atom is 0.157 e. The van der Waals surface area contributed by atoms with Gasteiger partial charge < -0.3 is 10.2 Å². The molecular weight excluding hydrogens is 204 g/mol. The molecule has 0 aromatic heterocycles. The predicted molar refractivity (Wildman–Crippen MR) is 61.6 cm³/mol. The molecule has 0 saturated heterocycles. The minimum atomic E-state index is -0.0764. The first-order valence-corrected chi connectivity index (χ1v) is 4.71. The van der Waals surface area contributed by atoms with Crippen LogP contribution in [0.3, 0.4) is 0 Å². The fourth-order valence-corrected chi connectivity index (χ4v) is 0.996. The Kier molecular flexibility index (Phi) is 4.60. The normalized spacial score (nSPS) is 8.75. The number of benzene rings is 2. The number of phenolic OH excluding ortho intramolecular Hbond substituents is 2. The minimum absolute atomic E-state index is 0.0764. The lowest BCUT2D eigenvalue weighted by Gasteiger charge is -1.91. The van der Waals surface area contributed by atoms with E-state index in [-0.39, 0.29) is 11.5 Å². The number of hydrogen-bond donors (Lipinski definition) is 2. The van der Waals surface area contributed by atoms with Crippen LogP contribution in [0.4, 0.5) is 0 Å². The van der Waals surface area contributed by atoms with Crippen molar-refractivity contribution in [2.45, 2.75) is 0 Å². The third-order valence-corrected chi connectivity index (χ3v) is 1.82. The van der Waals surface area contributed by atoms with E-state index >= 15 is 0 Å². The van der Waals surface area contributed by atoms with Gasteiger partial charge >= 0.3 is 0 Å². The molecule has 0 heterocycles. The van der Waals surface area contributed by atoms with E-state index in [0.29, 0.717) is 0 Å². The summed E-state index contributed by atoms with van der Waals surface area (Å²) >= 11 is 0. The summed E-state index contributed by atoms with van der Waals surface area (Å²) in [6.45, 7) is 0. The molecule has 16 heavy (non-hydrogen) atoms. The first-order chi connectivity index (χ1) is 7.74. The van der Waals surface area contributed by atoms with Gasteiger partial charge in [0.25, 0.3) is 0 Å². The van der Waals surface area contributed by atoms with E-state index in [0.717, 1.165) is 11.8 Å². The molecule has 0 bridgehead atoms. The molecule has 0 aliphatic carbocycles. The summed E-state index contributed by atoms with van der Waals surface area (Å²) in [7, 11) is 0. The number of carbonyl (C=O) groups excluding carboxylic acids is 1. The lowest BCUT2D eigenvalue weighted by atomic mass is 10.2. The molecule has 0 aliphatic heterocycles. The maximum absolute atomic E-state index is 10.0. The van der Waals surface area contributed by atoms with E-state index in [2.05, 4.69) is 0 Å². The van der Waals surface area contributed by atoms with Gasteiger partial charge in [-0.25, -0.2) is 0 Å². The molecule has 0 atom stereocenters. The van der Waals surface area contributed by atoms with Crippen molar-refractivity contribution in [3.63, 3.8) is 0 Å². The molecule has 3 heteroatoms. The van der Waals surface area contributed by atoms with E-state index in [1.807, 2.05) is 18.2 Å². The summed E-state index contributed by atoms with van der Waals surface area (Å²) in [5.74, 6) is -0.153. The molecule has 0 unspecified atom stereocenters. The van der Waals surface area contributed by atoms with Gasteiger partial charge in [0.15, 0.2) is 11.5 Å². The largest absolute Gasteiger partial charge is 0.504 e. The third-order valence-electron chi connectivity index (χ3n) is 1.82. The summed E-state index contributed by atoms with van der Waals surface area (Å²) < 4.78 is 0. The van der Waals surface area contributed by atoms with E-state index < -0.39 is 0 Å². The average Bonchev–Trinajstić information content (AvgIpc) is 2.35. The van der Waals surface area contributed by atoms with E-state index in [1.165, 1.54) is 12.1 Å². The second-order valence-corrected chi connectivity index (χ2v) is 3.02. The molecule has 2 rings (SSSR count). The zero-order valence-electron chi connectivity index (χ0n) is 8.58. The van der Waals surface area contributed by atoms with E-state index in [4.69, 9.17) is 10.2 Å². The Morgan fingerprint density at radius 3 is 1.50 bits per heavy atom. The van der Waals surface area contributed by atoms with Gasteiger partial charge in [-0.05, 0) is 12.1 Å². The van der Waals surface area contributed by atoms with Gasteiger partial charge in [-0.1, -0.05) is 42.5 Å². The number of aldehydes is 1. The van der Waals surface area contributed by atoms with Crippen LogP contribution in [0, 0.1) is 0 Å². The molecule has 0 amide bonds. The van der Waals surface area contributed by atoms with Crippen LogP contribution in [-0.2, 0) is 0 Å². The monoisotopic (exact) mass is 216 g/mol. The van der Waals surface area contributed by atoms with Crippen LogP contribution in [-0.4, -0.2) is 16.5 Å². The maximum atomic E-state index is 10.0. The number of aromatic hydroxyl groups is 2. The van der Waals surface area contributed by atoms with Gasteiger partial charge in [-0.2, -0.15) is 0 Å². The third kappa shape index (κ3) is 3.84. The van der Waals surface area contributed by atoms with Crippen LogP contribution in [0.2, 0.25) is 0 Å². The predicted octanol–water partition coefficient (Wildman–Crippen LogP) is 2.60. The average molecular weight is 216 g/mol. The van der Waals surface area contributed by atoms with Crippen LogP contribution < -0.4 is 0 Å². The Bertz CT molecular complexity index is 417.